The quantitative estimate of drug-likeness (QED) is 0.803. The van der Waals surface area contributed by atoms with Crippen molar-refractivity contribution in [1.82, 2.24) is 15.3 Å². The van der Waals surface area contributed by atoms with Gasteiger partial charge in [-0.25, -0.2) is 0 Å². The molecule has 16 heavy (non-hydrogen) atoms. The molecule has 0 radical (unpaired) electrons. The van der Waals surface area contributed by atoms with E-state index in [1.807, 2.05) is 19.2 Å². The highest BCUT2D eigenvalue weighted by molar-refractivity contribution is 5.76. The van der Waals surface area contributed by atoms with Crippen LogP contribution in [0, 0.1) is 6.92 Å². The Morgan fingerprint density at radius 2 is 2.44 bits per heavy atom. The van der Waals surface area contributed by atoms with Gasteiger partial charge in [-0.2, -0.15) is 4.98 Å². The Balaban J connectivity index is 1.92. The number of H-pyrrole nitrogens is 1. The number of nitrogens with one attached hydrogen (secondary N) is 2. The van der Waals surface area contributed by atoms with Gasteiger partial charge in [-0.1, -0.05) is 0 Å². The summed E-state index contributed by atoms with van der Waals surface area (Å²) < 4.78 is 5.89. The summed E-state index contributed by atoms with van der Waals surface area (Å²) in [4.78, 5) is 7.60. The van der Waals surface area contributed by atoms with Crippen LogP contribution in [0.15, 0.2) is 18.3 Å². The molecular formula is C12H15N3O. The third-order valence-corrected chi connectivity index (χ3v) is 2.97. The van der Waals surface area contributed by atoms with E-state index in [1.165, 1.54) is 0 Å². The van der Waals surface area contributed by atoms with E-state index in [1.54, 1.807) is 0 Å². The van der Waals surface area contributed by atoms with Crippen molar-refractivity contribution in [2.24, 2.45) is 0 Å². The lowest BCUT2D eigenvalue weighted by Crippen LogP contribution is -2.20. The molecule has 2 aromatic heterocycles. The number of aromatic amines is 1. The first kappa shape index (κ1) is 9.66. The van der Waals surface area contributed by atoms with Crippen LogP contribution in [0.25, 0.3) is 11.0 Å². The van der Waals surface area contributed by atoms with E-state index < -0.39 is 0 Å². The van der Waals surface area contributed by atoms with Gasteiger partial charge < -0.3 is 15.0 Å². The van der Waals surface area contributed by atoms with Gasteiger partial charge in [0.25, 0.3) is 0 Å². The molecular weight excluding hydrogens is 202 g/mol. The molecule has 1 atom stereocenters. The smallest absolute Gasteiger partial charge is 0.218 e. The van der Waals surface area contributed by atoms with E-state index >= 15 is 0 Å². The first-order valence-corrected chi connectivity index (χ1v) is 5.65. The van der Waals surface area contributed by atoms with Crippen molar-refractivity contribution in [3.8, 4) is 5.88 Å². The Morgan fingerprint density at radius 3 is 3.25 bits per heavy atom. The number of hydrogen-bond donors (Lipinski definition) is 2. The molecule has 1 saturated heterocycles. The molecule has 4 heteroatoms. The zero-order valence-corrected chi connectivity index (χ0v) is 9.29. The van der Waals surface area contributed by atoms with Gasteiger partial charge >= 0.3 is 0 Å². The Hall–Kier alpha value is -1.55. The minimum Gasteiger partial charge on any atom is -0.473 e. The maximum absolute atomic E-state index is 5.89. The van der Waals surface area contributed by atoms with E-state index in [0.29, 0.717) is 0 Å². The minimum absolute atomic E-state index is 0.263. The van der Waals surface area contributed by atoms with Crippen LogP contribution in [0.4, 0.5) is 0 Å². The average molecular weight is 217 g/mol. The predicted molar refractivity (Wildman–Crippen MR) is 62.7 cm³/mol. The molecule has 1 fully saturated rings. The molecule has 1 aliphatic rings. The molecule has 4 nitrogen and oxygen atoms in total. The normalized spacial score (nSPS) is 20.4. The van der Waals surface area contributed by atoms with Crippen molar-refractivity contribution in [1.29, 1.82) is 0 Å². The maximum atomic E-state index is 5.89. The van der Waals surface area contributed by atoms with Crippen molar-refractivity contribution in [2.75, 3.05) is 13.1 Å². The van der Waals surface area contributed by atoms with Crippen molar-refractivity contribution in [3.63, 3.8) is 0 Å². The molecule has 0 bridgehead atoms. The SMILES string of the molecule is Cc1cc2cc[nH]c2nc1OC1CCNC1. The summed E-state index contributed by atoms with van der Waals surface area (Å²) in [5.74, 6) is 0.753. The Labute approximate surface area is 94.0 Å². The van der Waals surface area contributed by atoms with Crippen LogP contribution in [-0.4, -0.2) is 29.2 Å². The van der Waals surface area contributed by atoms with Gasteiger partial charge in [0.15, 0.2) is 0 Å². The topological polar surface area (TPSA) is 49.9 Å². The van der Waals surface area contributed by atoms with Crippen LogP contribution in [0.1, 0.15) is 12.0 Å². The third-order valence-electron chi connectivity index (χ3n) is 2.97. The molecule has 3 rings (SSSR count). The molecule has 0 aliphatic carbocycles. The first-order valence-electron chi connectivity index (χ1n) is 5.65. The maximum Gasteiger partial charge on any atom is 0.218 e. The number of hydrogen-bond acceptors (Lipinski definition) is 3. The van der Waals surface area contributed by atoms with Gasteiger partial charge in [0, 0.05) is 23.7 Å². The Morgan fingerprint density at radius 1 is 1.50 bits per heavy atom. The second-order valence-corrected chi connectivity index (χ2v) is 4.26. The van der Waals surface area contributed by atoms with Crippen LogP contribution in [0.5, 0.6) is 5.88 Å². The predicted octanol–water partition coefficient (Wildman–Crippen LogP) is 1.61. The van der Waals surface area contributed by atoms with Gasteiger partial charge in [-0.15, -0.1) is 0 Å². The Kier molecular flexibility index (Phi) is 2.29. The fraction of sp³-hybridized carbons (Fsp3) is 0.417. The number of aryl methyl sites for hydroxylation is 1. The second kappa shape index (κ2) is 3.79. The van der Waals surface area contributed by atoms with Gasteiger partial charge in [-0.05, 0) is 32.0 Å². The summed E-state index contributed by atoms with van der Waals surface area (Å²) in [5, 5.41) is 4.42. The van der Waals surface area contributed by atoms with Crippen LogP contribution >= 0.6 is 0 Å². The fourth-order valence-corrected chi connectivity index (χ4v) is 2.08. The van der Waals surface area contributed by atoms with Crippen LogP contribution in [-0.2, 0) is 0 Å². The number of nitrogens with zero attached hydrogens (tertiary/aromatic N) is 1. The van der Waals surface area contributed by atoms with Crippen LogP contribution in [0.3, 0.4) is 0 Å². The molecule has 2 N–H and O–H groups in total. The molecule has 1 aliphatic heterocycles. The Bertz CT molecular complexity index is 500. The number of ether oxygens (including phenoxy) is 1. The molecule has 1 unspecified atom stereocenters. The number of aromatic nitrogens is 2. The molecule has 2 aromatic rings. The third kappa shape index (κ3) is 1.65. The molecule has 0 amide bonds. The van der Waals surface area contributed by atoms with Gasteiger partial charge in [0.05, 0.1) is 0 Å². The molecule has 84 valence electrons. The number of pyridine rings is 1. The number of rotatable bonds is 2. The summed E-state index contributed by atoms with van der Waals surface area (Å²) in [5.41, 5.74) is 1.99. The van der Waals surface area contributed by atoms with E-state index in [-0.39, 0.29) is 6.10 Å². The van der Waals surface area contributed by atoms with E-state index in [9.17, 15) is 0 Å². The summed E-state index contributed by atoms with van der Waals surface area (Å²) in [6.07, 6.45) is 3.22. The molecule has 0 saturated carbocycles. The van der Waals surface area contributed by atoms with Gasteiger partial charge in [0.2, 0.25) is 5.88 Å². The lowest BCUT2D eigenvalue weighted by atomic mass is 10.2. The van der Waals surface area contributed by atoms with Crippen LogP contribution in [0.2, 0.25) is 0 Å². The van der Waals surface area contributed by atoms with E-state index in [0.717, 1.165) is 42.0 Å². The summed E-state index contributed by atoms with van der Waals surface area (Å²) in [7, 11) is 0. The van der Waals surface area contributed by atoms with Crippen molar-refractivity contribution in [3.05, 3.63) is 23.9 Å². The highest BCUT2D eigenvalue weighted by Crippen LogP contribution is 2.22. The lowest BCUT2D eigenvalue weighted by molar-refractivity contribution is 0.213. The summed E-state index contributed by atoms with van der Waals surface area (Å²) >= 11 is 0. The fourth-order valence-electron chi connectivity index (χ4n) is 2.08. The summed E-state index contributed by atoms with van der Waals surface area (Å²) in [6, 6.07) is 4.13. The zero-order chi connectivity index (χ0) is 11.0. The van der Waals surface area contributed by atoms with Gasteiger partial charge in [0.1, 0.15) is 11.8 Å². The van der Waals surface area contributed by atoms with E-state index in [2.05, 4.69) is 21.4 Å². The van der Waals surface area contributed by atoms with Crippen molar-refractivity contribution in [2.45, 2.75) is 19.4 Å². The minimum atomic E-state index is 0.263. The molecule has 0 spiro atoms. The number of fused-ring (bicyclic) bond motifs is 1. The summed E-state index contributed by atoms with van der Waals surface area (Å²) in [6.45, 7) is 4.00. The van der Waals surface area contributed by atoms with Gasteiger partial charge in [-0.3, -0.25) is 0 Å². The van der Waals surface area contributed by atoms with Crippen LogP contribution < -0.4 is 10.1 Å². The largest absolute Gasteiger partial charge is 0.473 e. The molecule has 3 heterocycles. The zero-order valence-electron chi connectivity index (χ0n) is 9.29. The standard InChI is InChI=1S/C12H15N3O/c1-8-6-9-2-5-14-11(9)15-12(8)16-10-3-4-13-7-10/h2,5-6,10,13H,3-4,7H2,1H3,(H,14,15). The highest BCUT2D eigenvalue weighted by Gasteiger charge is 2.17. The second-order valence-electron chi connectivity index (χ2n) is 4.26. The van der Waals surface area contributed by atoms with E-state index in [4.69, 9.17) is 4.74 Å². The molecule has 0 aromatic carbocycles. The first-order chi connectivity index (χ1) is 7.83. The highest BCUT2D eigenvalue weighted by atomic mass is 16.5. The van der Waals surface area contributed by atoms with Crippen molar-refractivity contribution < 1.29 is 4.74 Å². The van der Waals surface area contributed by atoms with Crippen molar-refractivity contribution >= 4 is 11.0 Å². The average Bonchev–Trinajstić information content (AvgIpc) is 2.89. The monoisotopic (exact) mass is 217 g/mol. The lowest BCUT2D eigenvalue weighted by Gasteiger charge is -2.13.